The van der Waals surface area contributed by atoms with Crippen LogP contribution >= 0.6 is 0 Å². The van der Waals surface area contributed by atoms with Crippen molar-refractivity contribution < 1.29 is 20.4 Å². The molecule has 18 atom stereocenters. The Labute approximate surface area is 357 Å². The van der Waals surface area contributed by atoms with Gasteiger partial charge >= 0.3 is 0 Å². The second-order valence-electron chi connectivity index (χ2n) is 24.7. The van der Waals surface area contributed by atoms with Crippen LogP contribution in [0.1, 0.15) is 198 Å². The van der Waals surface area contributed by atoms with Gasteiger partial charge in [0.2, 0.25) is 0 Å². The molecule has 332 valence electrons. The Morgan fingerprint density at radius 2 is 0.897 bits per heavy atom. The van der Waals surface area contributed by atoms with Gasteiger partial charge in [-0.1, -0.05) is 131 Å². The summed E-state index contributed by atoms with van der Waals surface area (Å²) < 4.78 is 0. The molecule has 0 spiro atoms. The fraction of sp³-hybridized carbons (Fsp3) is 0.926. The lowest BCUT2D eigenvalue weighted by atomic mass is 9.47. The third kappa shape index (κ3) is 8.17. The molecule has 8 aliphatic carbocycles. The highest BCUT2D eigenvalue weighted by Gasteiger charge is 2.63. The minimum Gasteiger partial charge on any atom is -0.393 e. The van der Waals surface area contributed by atoms with E-state index in [0.29, 0.717) is 57.2 Å². The molecule has 4 heteroatoms. The topological polar surface area (TPSA) is 80.9 Å². The number of hydrogen-bond donors (Lipinski definition) is 4. The Morgan fingerprint density at radius 1 is 0.517 bits per heavy atom. The fourth-order valence-corrected chi connectivity index (χ4v) is 17.5. The molecule has 6 saturated carbocycles. The molecule has 4 N–H and O–H groups in total. The van der Waals surface area contributed by atoms with E-state index in [1.165, 1.54) is 77.0 Å². The average Bonchev–Trinajstić information content (AvgIpc) is 3.59. The van der Waals surface area contributed by atoms with Crippen molar-refractivity contribution >= 4 is 0 Å². The van der Waals surface area contributed by atoms with Gasteiger partial charge in [0, 0.05) is 0 Å². The first kappa shape index (κ1) is 45.3. The van der Waals surface area contributed by atoms with E-state index in [1.54, 1.807) is 11.1 Å². The van der Waals surface area contributed by atoms with Crippen molar-refractivity contribution in [1.82, 2.24) is 0 Å². The number of aliphatic hydroxyl groups is 4. The Bertz CT molecular complexity index is 1360. The van der Waals surface area contributed by atoms with E-state index in [9.17, 15) is 20.4 Å². The lowest BCUT2D eigenvalue weighted by molar-refractivity contribution is -0.0620. The van der Waals surface area contributed by atoms with Crippen molar-refractivity contribution in [2.45, 2.75) is 222 Å². The van der Waals surface area contributed by atoms with Crippen LogP contribution in [0.15, 0.2) is 23.3 Å². The van der Waals surface area contributed by atoms with Crippen LogP contribution in [-0.2, 0) is 0 Å². The van der Waals surface area contributed by atoms with E-state index in [2.05, 4.69) is 81.4 Å². The van der Waals surface area contributed by atoms with Crippen LogP contribution in [0.25, 0.3) is 0 Å². The van der Waals surface area contributed by atoms with Crippen molar-refractivity contribution in [3.05, 3.63) is 23.3 Å². The summed E-state index contributed by atoms with van der Waals surface area (Å²) in [6, 6.07) is 0. The van der Waals surface area contributed by atoms with Crippen LogP contribution in [-0.4, -0.2) is 44.8 Å². The van der Waals surface area contributed by atoms with Crippen LogP contribution in [0, 0.1) is 92.7 Å². The van der Waals surface area contributed by atoms with Gasteiger partial charge in [-0.15, -0.1) is 0 Å². The summed E-state index contributed by atoms with van der Waals surface area (Å²) in [6.45, 7) is 24.2. The Morgan fingerprint density at radius 3 is 1.26 bits per heavy atom. The Balaban J connectivity index is 0.000000177. The summed E-state index contributed by atoms with van der Waals surface area (Å²) in [6.07, 6.45) is 28.1. The SMILES string of the molecule is CC(C)CCC[C@@H](C)[C@H]1C(O)C[C@H]2[C@@H]3CC=C4C[C@@H](O)CC[C@]4(C)[C@H]3CC[C@]12C.CC(C)CCC[C@@H](C)[C@H]1C(O)C[C@H]2[C@@H]3CC=C4C[C@@H](O)CC[C@]4(C)[C@H]3CC[C@]12C. The molecular weight excluding hydrogens is 713 g/mol. The standard InChI is InChI=1S/2C27H46O2/c2*1-17(2)7-6-8-18(3)25-24(29)16-23-21-10-9-19-15-20(28)11-13-26(19,4)22(21)12-14-27(23,25)5/h2*9,17-18,20-25,28-29H,6-8,10-16H2,1-5H3/t2*18-,20+,21-,22+,23+,24?,25+,26+,27+/m11/s1. The Hall–Kier alpha value is -0.680. The van der Waals surface area contributed by atoms with E-state index >= 15 is 0 Å². The van der Waals surface area contributed by atoms with Gasteiger partial charge in [0.25, 0.3) is 0 Å². The van der Waals surface area contributed by atoms with E-state index in [-0.39, 0.29) is 24.4 Å². The molecule has 0 amide bonds. The summed E-state index contributed by atoms with van der Waals surface area (Å²) in [4.78, 5) is 0. The van der Waals surface area contributed by atoms with E-state index in [0.717, 1.165) is 86.9 Å². The highest BCUT2D eigenvalue weighted by atomic mass is 16.3. The molecule has 0 aliphatic heterocycles. The maximum Gasteiger partial charge on any atom is 0.0579 e. The summed E-state index contributed by atoms with van der Waals surface area (Å²) in [7, 11) is 0. The molecule has 0 saturated heterocycles. The Kier molecular flexibility index (Phi) is 13.7. The molecule has 0 bridgehead atoms. The summed E-state index contributed by atoms with van der Waals surface area (Å²) >= 11 is 0. The molecule has 0 aromatic heterocycles. The fourth-order valence-electron chi connectivity index (χ4n) is 17.5. The van der Waals surface area contributed by atoms with Crippen LogP contribution in [0.5, 0.6) is 0 Å². The second kappa shape index (κ2) is 17.5. The second-order valence-corrected chi connectivity index (χ2v) is 24.7. The molecule has 0 aromatic carbocycles. The normalized spacial score (nSPS) is 47.9. The third-order valence-electron chi connectivity index (χ3n) is 20.5. The molecule has 8 rings (SSSR count). The van der Waals surface area contributed by atoms with Crippen molar-refractivity contribution in [1.29, 1.82) is 0 Å². The van der Waals surface area contributed by atoms with Gasteiger partial charge in [0.1, 0.15) is 0 Å². The largest absolute Gasteiger partial charge is 0.393 e. The van der Waals surface area contributed by atoms with Gasteiger partial charge in [-0.3, -0.25) is 0 Å². The average molecular weight is 805 g/mol. The van der Waals surface area contributed by atoms with Gasteiger partial charge in [0.05, 0.1) is 24.4 Å². The van der Waals surface area contributed by atoms with Crippen LogP contribution in [0.3, 0.4) is 0 Å². The molecule has 6 fully saturated rings. The van der Waals surface area contributed by atoms with Crippen molar-refractivity contribution in [2.24, 2.45) is 92.7 Å². The molecule has 58 heavy (non-hydrogen) atoms. The first-order valence-corrected chi connectivity index (χ1v) is 25.4. The quantitative estimate of drug-likeness (QED) is 0.166. The predicted molar refractivity (Wildman–Crippen MR) is 241 cm³/mol. The first-order valence-electron chi connectivity index (χ1n) is 25.4. The van der Waals surface area contributed by atoms with E-state index in [1.807, 2.05) is 0 Å². The molecule has 4 nitrogen and oxygen atoms in total. The zero-order valence-corrected chi connectivity index (χ0v) is 39.3. The molecule has 8 aliphatic rings. The number of rotatable bonds is 10. The maximum atomic E-state index is 11.2. The van der Waals surface area contributed by atoms with Crippen LogP contribution in [0.4, 0.5) is 0 Å². The molecular formula is C54H92O4. The smallest absolute Gasteiger partial charge is 0.0579 e. The van der Waals surface area contributed by atoms with Gasteiger partial charge < -0.3 is 20.4 Å². The number of aliphatic hydroxyl groups excluding tert-OH is 4. The minimum absolute atomic E-state index is 0.107. The third-order valence-corrected chi connectivity index (χ3v) is 20.5. The highest BCUT2D eigenvalue weighted by Crippen LogP contribution is 2.69. The van der Waals surface area contributed by atoms with Gasteiger partial charge in [-0.25, -0.2) is 0 Å². The lowest BCUT2D eigenvalue weighted by Gasteiger charge is -2.58. The summed E-state index contributed by atoms with van der Waals surface area (Å²) in [5, 5.41) is 42.9. The highest BCUT2D eigenvalue weighted by molar-refractivity contribution is 5.27. The van der Waals surface area contributed by atoms with Gasteiger partial charge in [-0.2, -0.15) is 0 Å². The summed E-state index contributed by atoms with van der Waals surface area (Å²) in [5.41, 5.74) is 4.34. The zero-order chi connectivity index (χ0) is 41.9. The molecule has 0 aromatic rings. The summed E-state index contributed by atoms with van der Waals surface area (Å²) in [5.74, 6) is 8.13. The number of hydrogen-bond acceptors (Lipinski definition) is 4. The van der Waals surface area contributed by atoms with Gasteiger partial charge in [0.15, 0.2) is 0 Å². The lowest BCUT2D eigenvalue weighted by Crippen LogP contribution is -2.51. The van der Waals surface area contributed by atoms with Gasteiger partial charge in [-0.05, 0) is 183 Å². The van der Waals surface area contributed by atoms with Crippen LogP contribution < -0.4 is 0 Å². The predicted octanol–water partition coefficient (Wildman–Crippen LogP) is 12.7. The van der Waals surface area contributed by atoms with Crippen LogP contribution in [0.2, 0.25) is 0 Å². The van der Waals surface area contributed by atoms with Crippen molar-refractivity contribution in [3.63, 3.8) is 0 Å². The van der Waals surface area contributed by atoms with Crippen molar-refractivity contribution in [2.75, 3.05) is 0 Å². The van der Waals surface area contributed by atoms with E-state index in [4.69, 9.17) is 0 Å². The zero-order valence-electron chi connectivity index (χ0n) is 39.3. The monoisotopic (exact) mass is 805 g/mol. The van der Waals surface area contributed by atoms with E-state index < -0.39 is 0 Å². The molecule has 0 heterocycles. The number of fused-ring (bicyclic) bond motifs is 10. The number of allylic oxidation sites excluding steroid dienone is 2. The maximum absolute atomic E-state index is 11.2. The first-order chi connectivity index (χ1) is 27.3. The molecule has 0 radical (unpaired) electrons. The van der Waals surface area contributed by atoms with Crippen molar-refractivity contribution in [3.8, 4) is 0 Å². The molecule has 2 unspecified atom stereocenters. The minimum atomic E-state index is -0.121.